The molecule has 0 radical (unpaired) electrons. The second kappa shape index (κ2) is 6.21. The summed E-state index contributed by atoms with van der Waals surface area (Å²) in [7, 11) is 0. The van der Waals surface area contributed by atoms with E-state index in [2.05, 4.69) is 12.1 Å². The summed E-state index contributed by atoms with van der Waals surface area (Å²) >= 11 is 0. The van der Waals surface area contributed by atoms with Crippen LogP contribution in [0, 0.1) is 0 Å². The zero-order valence-electron chi connectivity index (χ0n) is 7.56. The topological polar surface area (TPSA) is 20.2 Å². The Bertz CT molecular complexity index is 272. The molecule has 0 aromatic heterocycles. The van der Waals surface area contributed by atoms with Gasteiger partial charge in [0.05, 0.1) is 0 Å². The van der Waals surface area contributed by atoms with E-state index in [1.54, 1.807) is 0 Å². The van der Waals surface area contributed by atoms with E-state index in [0.29, 0.717) is 0 Å². The molecule has 1 nitrogen and oxygen atoms in total. The van der Waals surface area contributed by atoms with E-state index in [-0.39, 0.29) is 6.61 Å². The molecule has 13 heavy (non-hydrogen) atoms. The van der Waals surface area contributed by atoms with Crippen molar-refractivity contribution in [3.8, 4) is 0 Å². The Morgan fingerprint density at radius 3 is 2.54 bits per heavy atom. The molecule has 68 valence electrons. The first-order valence-corrected chi connectivity index (χ1v) is 4.42. The Morgan fingerprint density at radius 1 is 1.08 bits per heavy atom. The van der Waals surface area contributed by atoms with Gasteiger partial charge in [0.2, 0.25) is 0 Å². The molecule has 0 aliphatic heterocycles. The molecule has 0 unspecified atom stereocenters. The Morgan fingerprint density at radius 2 is 1.85 bits per heavy atom. The number of allylic oxidation sites excluding steroid dienone is 2. The fourth-order valence-electron chi connectivity index (χ4n) is 0.980. The first-order valence-electron chi connectivity index (χ1n) is 4.42. The lowest BCUT2D eigenvalue weighted by Crippen LogP contribution is -1.74. The van der Waals surface area contributed by atoms with Gasteiger partial charge in [-0.2, -0.15) is 0 Å². The quantitative estimate of drug-likeness (QED) is 0.696. The highest BCUT2D eigenvalue weighted by Gasteiger charge is 1.79. The fourth-order valence-corrected chi connectivity index (χ4v) is 0.980. The van der Waals surface area contributed by atoms with Gasteiger partial charge in [0.1, 0.15) is 0 Å². The maximum atomic E-state index is 8.51. The van der Waals surface area contributed by atoms with Crippen molar-refractivity contribution in [3.63, 3.8) is 0 Å². The van der Waals surface area contributed by atoms with E-state index in [1.165, 1.54) is 5.56 Å². The lowest BCUT2D eigenvalue weighted by Gasteiger charge is -1.88. The van der Waals surface area contributed by atoms with Crippen molar-refractivity contribution in [1.82, 2.24) is 0 Å². The third kappa shape index (κ3) is 4.28. The van der Waals surface area contributed by atoms with Crippen LogP contribution in [-0.4, -0.2) is 11.7 Å². The van der Waals surface area contributed by atoms with Gasteiger partial charge in [-0.25, -0.2) is 0 Å². The van der Waals surface area contributed by atoms with E-state index in [4.69, 9.17) is 5.11 Å². The van der Waals surface area contributed by atoms with Crippen LogP contribution in [0.3, 0.4) is 0 Å². The molecule has 1 aromatic rings. The summed E-state index contributed by atoms with van der Waals surface area (Å²) in [5, 5.41) is 8.51. The first kappa shape index (κ1) is 9.75. The van der Waals surface area contributed by atoms with Gasteiger partial charge < -0.3 is 5.11 Å². The highest BCUT2D eigenvalue weighted by molar-refractivity contribution is 5.50. The maximum Gasteiger partial charge on any atom is 0.0465 e. The maximum absolute atomic E-state index is 8.51. The molecule has 1 rings (SSSR count). The Hall–Kier alpha value is -1.34. The average molecular weight is 174 g/mol. The number of aliphatic hydroxyl groups excluding tert-OH is 1. The summed E-state index contributed by atoms with van der Waals surface area (Å²) in [4.78, 5) is 0. The van der Waals surface area contributed by atoms with Crippen molar-refractivity contribution in [2.24, 2.45) is 0 Å². The summed E-state index contributed by atoms with van der Waals surface area (Å²) in [5.74, 6) is 0. The molecule has 0 aliphatic rings. The van der Waals surface area contributed by atoms with Crippen LogP contribution in [0.25, 0.3) is 6.08 Å². The van der Waals surface area contributed by atoms with Gasteiger partial charge in [0.25, 0.3) is 0 Å². The van der Waals surface area contributed by atoms with Crippen LogP contribution in [-0.2, 0) is 0 Å². The van der Waals surface area contributed by atoms with Crippen molar-refractivity contribution in [1.29, 1.82) is 0 Å². The molecule has 0 bridgehead atoms. The molecule has 0 amide bonds. The van der Waals surface area contributed by atoms with Gasteiger partial charge in [-0.1, -0.05) is 54.6 Å². The second-order valence-corrected chi connectivity index (χ2v) is 2.71. The van der Waals surface area contributed by atoms with E-state index in [0.717, 1.165) is 6.42 Å². The lowest BCUT2D eigenvalue weighted by atomic mass is 10.2. The van der Waals surface area contributed by atoms with Gasteiger partial charge in [-0.15, -0.1) is 0 Å². The molecule has 0 fully saturated rings. The normalized spacial score (nSPS) is 11.5. The molecule has 1 heteroatoms. The van der Waals surface area contributed by atoms with Gasteiger partial charge >= 0.3 is 0 Å². The summed E-state index contributed by atoms with van der Waals surface area (Å²) in [6.45, 7) is 0.218. The monoisotopic (exact) mass is 174 g/mol. The van der Waals surface area contributed by atoms with Crippen LogP contribution in [0.5, 0.6) is 0 Å². The molecule has 0 saturated carbocycles. The van der Waals surface area contributed by atoms with Gasteiger partial charge in [0.15, 0.2) is 0 Å². The summed E-state index contributed by atoms with van der Waals surface area (Å²) in [5.41, 5.74) is 1.19. The van der Waals surface area contributed by atoms with Crippen LogP contribution in [0.15, 0.2) is 48.6 Å². The van der Waals surface area contributed by atoms with Crippen molar-refractivity contribution in [3.05, 3.63) is 54.1 Å². The molecule has 1 N–H and O–H groups in total. The SMILES string of the molecule is OCCC=CC=Cc1ccccc1. The summed E-state index contributed by atoms with van der Waals surface area (Å²) in [6.07, 6.45) is 8.63. The molecule has 0 aliphatic carbocycles. The average Bonchev–Trinajstić information content (AvgIpc) is 2.19. The van der Waals surface area contributed by atoms with Gasteiger partial charge in [-0.05, 0) is 12.0 Å². The second-order valence-electron chi connectivity index (χ2n) is 2.71. The number of aliphatic hydroxyl groups is 1. The number of hydrogen-bond acceptors (Lipinski definition) is 1. The van der Waals surface area contributed by atoms with E-state index in [9.17, 15) is 0 Å². The van der Waals surface area contributed by atoms with Gasteiger partial charge in [-0.3, -0.25) is 0 Å². The smallest absolute Gasteiger partial charge is 0.0465 e. The van der Waals surface area contributed by atoms with Crippen LogP contribution < -0.4 is 0 Å². The minimum Gasteiger partial charge on any atom is -0.396 e. The highest BCUT2D eigenvalue weighted by Crippen LogP contribution is 2.00. The van der Waals surface area contributed by atoms with E-state index < -0.39 is 0 Å². The predicted octanol–water partition coefficient (Wildman–Crippen LogP) is 2.64. The zero-order valence-corrected chi connectivity index (χ0v) is 7.56. The largest absolute Gasteiger partial charge is 0.396 e. The predicted molar refractivity (Wildman–Crippen MR) is 56.3 cm³/mol. The Labute approximate surface area is 79.0 Å². The Balaban J connectivity index is 2.41. The molecule has 0 saturated heterocycles. The fraction of sp³-hybridized carbons (Fsp3) is 0.167. The standard InChI is InChI=1S/C12H14O/c13-11-7-2-1-4-8-12-9-5-3-6-10-12/h1-6,8-10,13H,7,11H2. The van der Waals surface area contributed by atoms with Crippen LogP contribution in [0.1, 0.15) is 12.0 Å². The van der Waals surface area contributed by atoms with Gasteiger partial charge in [0, 0.05) is 6.61 Å². The molecular formula is C12H14O. The van der Waals surface area contributed by atoms with Crippen molar-refractivity contribution in [2.45, 2.75) is 6.42 Å². The molecular weight excluding hydrogens is 160 g/mol. The van der Waals surface area contributed by atoms with Crippen LogP contribution >= 0.6 is 0 Å². The first-order chi connectivity index (χ1) is 6.43. The third-order valence-electron chi connectivity index (χ3n) is 1.63. The lowest BCUT2D eigenvalue weighted by molar-refractivity contribution is 0.302. The summed E-state index contributed by atoms with van der Waals surface area (Å²) < 4.78 is 0. The number of hydrogen-bond donors (Lipinski definition) is 1. The molecule has 0 atom stereocenters. The van der Waals surface area contributed by atoms with Crippen molar-refractivity contribution >= 4 is 6.08 Å². The van der Waals surface area contributed by atoms with E-state index >= 15 is 0 Å². The summed E-state index contributed by atoms with van der Waals surface area (Å²) in [6, 6.07) is 10.1. The van der Waals surface area contributed by atoms with Crippen molar-refractivity contribution < 1.29 is 5.11 Å². The van der Waals surface area contributed by atoms with Crippen LogP contribution in [0.2, 0.25) is 0 Å². The minimum atomic E-state index is 0.218. The Kier molecular flexibility index (Phi) is 4.65. The molecule has 0 heterocycles. The number of rotatable bonds is 4. The number of benzene rings is 1. The zero-order chi connectivity index (χ0) is 9.36. The molecule has 0 spiro atoms. The molecule has 1 aromatic carbocycles. The highest BCUT2D eigenvalue weighted by atomic mass is 16.2. The van der Waals surface area contributed by atoms with Crippen molar-refractivity contribution in [2.75, 3.05) is 6.61 Å². The van der Waals surface area contributed by atoms with E-state index in [1.807, 2.05) is 42.5 Å². The van der Waals surface area contributed by atoms with Crippen LogP contribution in [0.4, 0.5) is 0 Å². The minimum absolute atomic E-state index is 0.218. The third-order valence-corrected chi connectivity index (χ3v) is 1.63.